The van der Waals surface area contributed by atoms with E-state index >= 15 is 0 Å². The van der Waals surface area contributed by atoms with Crippen LogP contribution in [0.25, 0.3) is 16.5 Å². The summed E-state index contributed by atoms with van der Waals surface area (Å²) in [4.78, 5) is 2.65. The molecule has 0 unspecified atom stereocenters. The van der Waals surface area contributed by atoms with Crippen LogP contribution in [0.4, 0.5) is 0 Å². The van der Waals surface area contributed by atoms with Gasteiger partial charge in [0.2, 0.25) is 0 Å². The third kappa shape index (κ3) is 2.65. The van der Waals surface area contributed by atoms with Crippen LogP contribution in [0.15, 0.2) is 17.4 Å². The lowest BCUT2D eigenvalue weighted by Gasteiger charge is -1.84. The molecule has 1 rings (SSSR count). The molecule has 68 valence electrons. The molecule has 0 saturated carbocycles. The van der Waals surface area contributed by atoms with Gasteiger partial charge in [-0.25, -0.2) is 0 Å². The van der Waals surface area contributed by atoms with Crippen molar-refractivity contribution in [1.82, 2.24) is 9.78 Å². The summed E-state index contributed by atoms with van der Waals surface area (Å²) >= 11 is 0. The molecule has 0 atom stereocenters. The van der Waals surface area contributed by atoms with E-state index in [1.54, 1.807) is 4.68 Å². The van der Waals surface area contributed by atoms with E-state index in [4.69, 9.17) is 5.53 Å². The largest absolute Gasteiger partial charge is 0.275 e. The average molecular weight is 177 g/mol. The van der Waals surface area contributed by atoms with Crippen molar-refractivity contribution in [3.8, 4) is 0 Å². The molecule has 5 nitrogen and oxygen atoms in total. The van der Waals surface area contributed by atoms with Crippen LogP contribution in [0.2, 0.25) is 0 Å². The first-order chi connectivity index (χ1) is 6.24. The van der Waals surface area contributed by atoms with Gasteiger partial charge in [0, 0.05) is 30.3 Å². The van der Waals surface area contributed by atoms with E-state index in [9.17, 15) is 0 Å². The van der Waals surface area contributed by atoms with E-state index < -0.39 is 0 Å². The van der Waals surface area contributed by atoms with Gasteiger partial charge in [0.15, 0.2) is 0 Å². The maximum atomic E-state index is 8.03. The van der Waals surface area contributed by atoms with Crippen LogP contribution in [0.5, 0.6) is 0 Å². The highest BCUT2D eigenvalue weighted by atomic mass is 15.2. The smallest absolute Gasteiger partial charge is 0.0665 e. The molecule has 0 bridgehead atoms. The Hall–Kier alpha value is -1.74. The number of hydrogen-bond acceptors (Lipinski definition) is 2. The summed E-state index contributed by atoms with van der Waals surface area (Å²) in [5.41, 5.74) is 10.1. The zero-order chi connectivity index (χ0) is 9.68. The van der Waals surface area contributed by atoms with Crippen LogP contribution >= 0.6 is 0 Å². The van der Waals surface area contributed by atoms with E-state index in [0.717, 1.165) is 11.3 Å². The highest BCUT2D eigenvalue weighted by Gasteiger charge is 1.96. The van der Waals surface area contributed by atoms with Gasteiger partial charge < -0.3 is 0 Å². The Morgan fingerprint density at radius 2 is 2.54 bits per heavy atom. The SMILES string of the molecule is Cc1nn(C)cc1C=CCN=[N+]=[N-]. The molecule has 5 heteroatoms. The fraction of sp³-hybridized carbons (Fsp3) is 0.375. The van der Waals surface area contributed by atoms with Crippen molar-refractivity contribution in [2.45, 2.75) is 6.92 Å². The summed E-state index contributed by atoms with van der Waals surface area (Å²) in [6.07, 6.45) is 5.63. The number of aromatic nitrogens is 2. The van der Waals surface area contributed by atoms with Gasteiger partial charge in [-0.15, -0.1) is 0 Å². The number of hydrogen-bond donors (Lipinski definition) is 0. The number of aryl methyl sites for hydroxylation is 2. The molecule has 0 radical (unpaired) electrons. The van der Waals surface area contributed by atoms with Crippen LogP contribution in [0, 0.1) is 6.92 Å². The van der Waals surface area contributed by atoms with Gasteiger partial charge >= 0.3 is 0 Å². The monoisotopic (exact) mass is 177 g/mol. The molecule has 0 fully saturated rings. The lowest BCUT2D eigenvalue weighted by atomic mass is 10.2. The van der Waals surface area contributed by atoms with Crippen LogP contribution in [-0.4, -0.2) is 16.3 Å². The van der Waals surface area contributed by atoms with E-state index in [0.29, 0.717) is 6.54 Å². The van der Waals surface area contributed by atoms with E-state index in [1.807, 2.05) is 32.3 Å². The number of rotatable bonds is 3. The predicted octanol–water partition coefficient (Wildman–Crippen LogP) is 2.05. The minimum atomic E-state index is 0.380. The molecular weight excluding hydrogens is 166 g/mol. The first-order valence-corrected chi connectivity index (χ1v) is 3.91. The maximum absolute atomic E-state index is 8.03. The van der Waals surface area contributed by atoms with Crippen molar-refractivity contribution >= 4 is 6.08 Å². The van der Waals surface area contributed by atoms with Crippen LogP contribution < -0.4 is 0 Å². The van der Waals surface area contributed by atoms with Crippen LogP contribution in [0.3, 0.4) is 0 Å². The third-order valence-corrected chi connectivity index (χ3v) is 1.60. The quantitative estimate of drug-likeness (QED) is 0.396. The second-order valence-corrected chi connectivity index (χ2v) is 2.66. The van der Waals surface area contributed by atoms with Gasteiger partial charge in [-0.1, -0.05) is 17.3 Å². The molecular formula is C8H11N5. The van der Waals surface area contributed by atoms with Gasteiger partial charge in [0.1, 0.15) is 0 Å². The second-order valence-electron chi connectivity index (χ2n) is 2.66. The van der Waals surface area contributed by atoms with Crippen molar-refractivity contribution in [2.24, 2.45) is 12.2 Å². The van der Waals surface area contributed by atoms with Gasteiger partial charge in [-0.2, -0.15) is 5.10 Å². The van der Waals surface area contributed by atoms with Crippen molar-refractivity contribution in [2.75, 3.05) is 6.54 Å². The highest BCUT2D eigenvalue weighted by molar-refractivity contribution is 5.50. The zero-order valence-electron chi connectivity index (χ0n) is 7.68. The Morgan fingerprint density at radius 1 is 1.77 bits per heavy atom. The van der Waals surface area contributed by atoms with E-state index in [2.05, 4.69) is 15.1 Å². The van der Waals surface area contributed by atoms with Gasteiger partial charge in [-0.3, -0.25) is 4.68 Å². The molecule has 0 N–H and O–H groups in total. The molecule has 13 heavy (non-hydrogen) atoms. The number of azide groups is 1. The summed E-state index contributed by atoms with van der Waals surface area (Å²) in [5, 5.41) is 7.56. The number of nitrogens with zero attached hydrogens (tertiary/aromatic N) is 5. The van der Waals surface area contributed by atoms with Crippen molar-refractivity contribution < 1.29 is 0 Å². The lowest BCUT2D eigenvalue weighted by molar-refractivity contribution is 0.756. The Labute approximate surface area is 76.3 Å². The van der Waals surface area contributed by atoms with Crippen molar-refractivity contribution in [3.05, 3.63) is 34.0 Å². The zero-order valence-corrected chi connectivity index (χ0v) is 7.68. The molecule has 0 amide bonds. The molecule has 1 aromatic heterocycles. The third-order valence-electron chi connectivity index (χ3n) is 1.60. The normalized spacial score (nSPS) is 10.3. The topological polar surface area (TPSA) is 66.6 Å². The molecule has 0 saturated heterocycles. The first kappa shape index (κ1) is 9.35. The standard InChI is InChI=1S/C8H11N5/c1-7-8(6-13(2)11-7)4-3-5-10-12-9/h3-4,6H,5H2,1-2H3. The fourth-order valence-electron chi connectivity index (χ4n) is 1.04. The van der Waals surface area contributed by atoms with Crippen molar-refractivity contribution in [1.29, 1.82) is 0 Å². The second kappa shape index (κ2) is 4.33. The first-order valence-electron chi connectivity index (χ1n) is 3.91. The summed E-state index contributed by atoms with van der Waals surface area (Å²) < 4.78 is 1.75. The summed E-state index contributed by atoms with van der Waals surface area (Å²) in [5.74, 6) is 0. The van der Waals surface area contributed by atoms with Crippen LogP contribution in [-0.2, 0) is 7.05 Å². The average Bonchev–Trinajstić information content (AvgIpc) is 2.39. The Morgan fingerprint density at radius 3 is 3.08 bits per heavy atom. The van der Waals surface area contributed by atoms with Crippen molar-refractivity contribution in [3.63, 3.8) is 0 Å². The molecule has 0 aliphatic rings. The molecule has 0 aromatic carbocycles. The summed E-state index contributed by atoms with van der Waals surface area (Å²) in [6, 6.07) is 0. The van der Waals surface area contributed by atoms with E-state index in [-0.39, 0.29) is 0 Å². The molecule has 0 aliphatic carbocycles. The summed E-state index contributed by atoms with van der Waals surface area (Å²) in [7, 11) is 1.87. The lowest BCUT2D eigenvalue weighted by Crippen LogP contribution is -1.86. The van der Waals surface area contributed by atoms with Gasteiger partial charge in [0.25, 0.3) is 0 Å². The van der Waals surface area contributed by atoms with E-state index in [1.165, 1.54) is 0 Å². The maximum Gasteiger partial charge on any atom is 0.0665 e. The minimum Gasteiger partial charge on any atom is -0.275 e. The van der Waals surface area contributed by atoms with Crippen LogP contribution in [0.1, 0.15) is 11.3 Å². The van der Waals surface area contributed by atoms with Gasteiger partial charge in [0.05, 0.1) is 5.69 Å². The fourth-order valence-corrected chi connectivity index (χ4v) is 1.04. The predicted molar refractivity (Wildman–Crippen MR) is 51.0 cm³/mol. The molecule has 1 heterocycles. The molecule has 0 spiro atoms. The van der Waals surface area contributed by atoms with Gasteiger partial charge in [-0.05, 0) is 12.5 Å². The molecule has 1 aromatic rings. The minimum absolute atomic E-state index is 0.380. The molecule has 0 aliphatic heterocycles. The Kier molecular flexibility index (Phi) is 3.11. The summed E-state index contributed by atoms with van der Waals surface area (Å²) in [6.45, 7) is 2.32. The highest BCUT2D eigenvalue weighted by Crippen LogP contribution is 2.06. The Bertz CT molecular complexity index is 357. The Balaban J connectivity index is 2.67.